The van der Waals surface area contributed by atoms with Gasteiger partial charge in [0.15, 0.2) is 0 Å². The van der Waals surface area contributed by atoms with Gasteiger partial charge in [0.2, 0.25) is 11.8 Å². The second kappa shape index (κ2) is 13.8. The third kappa shape index (κ3) is 7.81. The molecule has 10 heteroatoms. The second-order valence-corrected chi connectivity index (χ2v) is 11.2. The fraction of sp³-hybridized carbons (Fsp3) is 0.310. The molecule has 0 bridgehead atoms. The number of methoxy groups -OCH3 is 1. The van der Waals surface area contributed by atoms with Gasteiger partial charge in [0.05, 0.1) is 12.8 Å². The summed E-state index contributed by atoms with van der Waals surface area (Å²) >= 11 is 0. The van der Waals surface area contributed by atoms with E-state index in [-0.39, 0.29) is 18.9 Å². The van der Waals surface area contributed by atoms with Crippen LogP contribution in [0.5, 0.6) is 5.75 Å². The fourth-order valence-corrected chi connectivity index (χ4v) is 5.18. The molecule has 0 saturated carbocycles. The number of anilines is 1. The lowest BCUT2D eigenvalue weighted by Crippen LogP contribution is -2.54. The van der Waals surface area contributed by atoms with Crippen molar-refractivity contribution >= 4 is 27.7 Å². The van der Waals surface area contributed by atoms with Gasteiger partial charge in [-0.3, -0.25) is 9.59 Å². The first-order valence-electron chi connectivity index (χ1n) is 12.7. The van der Waals surface area contributed by atoms with Gasteiger partial charge in [-0.15, -0.1) is 0 Å². The minimum Gasteiger partial charge on any atom is -0.497 e. The molecule has 0 heterocycles. The lowest BCUT2D eigenvalue weighted by molar-refractivity contribution is -0.140. The number of likely N-dealkylation sites (N-methyl/N-ethyl adjacent to an activating group) is 1. The van der Waals surface area contributed by atoms with Gasteiger partial charge >= 0.3 is 10.2 Å². The third-order valence-corrected chi connectivity index (χ3v) is 7.99. The Hall–Kier alpha value is -3.89. The molecule has 0 radical (unpaired) electrons. The fourth-order valence-electron chi connectivity index (χ4n) is 4.12. The molecule has 3 rings (SSSR count). The molecule has 3 aromatic carbocycles. The van der Waals surface area contributed by atoms with Crippen LogP contribution in [0.1, 0.15) is 18.1 Å². The van der Waals surface area contributed by atoms with Gasteiger partial charge in [0, 0.05) is 33.6 Å². The van der Waals surface area contributed by atoms with E-state index in [9.17, 15) is 18.0 Å². The molecule has 0 saturated heterocycles. The molecule has 1 unspecified atom stereocenters. The Balaban J connectivity index is 2.07. The van der Waals surface area contributed by atoms with Gasteiger partial charge in [-0.05, 0) is 42.3 Å². The van der Waals surface area contributed by atoms with Crippen LogP contribution in [-0.2, 0) is 32.8 Å². The van der Waals surface area contributed by atoms with Gasteiger partial charge in [0.25, 0.3) is 0 Å². The van der Waals surface area contributed by atoms with Crippen molar-refractivity contribution < 1.29 is 22.7 Å². The third-order valence-electron chi connectivity index (χ3n) is 6.17. The number of amides is 2. The molecule has 0 spiro atoms. The van der Waals surface area contributed by atoms with Crippen LogP contribution in [-0.4, -0.2) is 69.8 Å². The predicted molar refractivity (Wildman–Crippen MR) is 153 cm³/mol. The molecular weight excluding hydrogens is 516 g/mol. The van der Waals surface area contributed by atoms with Crippen molar-refractivity contribution in [2.75, 3.05) is 38.6 Å². The van der Waals surface area contributed by atoms with E-state index >= 15 is 0 Å². The van der Waals surface area contributed by atoms with Crippen LogP contribution in [0.3, 0.4) is 0 Å². The highest BCUT2D eigenvalue weighted by atomic mass is 32.2. The summed E-state index contributed by atoms with van der Waals surface area (Å²) in [4.78, 5) is 28.9. The molecule has 0 aliphatic carbocycles. The van der Waals surface area contributed by atoms with Crippen molar-refractivity contribution in [3.05, 3.63) is 96.1 Å². The Labute approximate surface area is 231 Å². The summed E-state index contributed by atoms with van der Waals surface area (Å²) in [6, 6.07) is 24.2. The number of rotatable bonds is 13. The number of carbonyl (C=O) groups excluding carboxylic acids is 2. The summed E-state index contributed by atoms with van der Waals surface area (Å²) in [6.45, 7) is 1.79. The zero-order valence-electron chi connectivity index (χ0n) is 22.8. The van der Waals surface area contributed by atoms with Crippen LogP contribution < -0.4 is 14.4 Å². The molecule has 208 valence electrons. The van der Waals surface area contributed by atoms with Gasteiger partial charge in [0.1, 0.15) is 18.3 Å². The number of nitrogens with one attached hydrogen (secondary N) is 1. The van der Waals surface area contributed by atoms with E-state index in [1.54, 1.807) is 49.6 Å². The number of ether oxygens (including phenoxy) is 1. The summed E-state index contributed by atoms with van der Waals surface area (Å²) < 4.78 is 34.1. The molecule has 0 fully saturated rings. The minimum absolute atomic E-state index is 0.0787. The Kier molecular flexibility index (Phi) is 10.5. The number of nitrogens with zero attached hydrogens (tertiary/aromatic N) is 3. The molecule has 0 aliphatic heterocycles. The summed E-state index contributed by atoms with van der Waals surface area (Å²) in [5.74, 6) is -0.225. The predicted octanol–water partition coefficient (Wildman–Crippen LogP) is 3.08. The standard InChI is InChI=1S/C29H36N4O5S/c1-5-30-29(35)27(20-23-13-8-6-9-14-23)32(21-24-15-12-18-26(19-24)38-4)28(34)22-33(39(36,37)31(2)3)25-16-10-7-11-17-25/h6-19,27H,5,20-22H2,1-4H3,(H,30,35). The molecule has 1 atom stereocenters. The summed E-state index contributed by atoms with van der Waals surface area (Å²) in [6.07, 6.45) is 0.258. The lowest BCUT2D eigenvalue weighted by Gasteiger charge is -2.34. The van der Waals surface area contributed by atoms with Crippen LogP contribution >= 0.6 is 0 Å². The van der Waals surface area contributed by atoms with Crippen LogP contribution in [0.25, 0.3) is 0 Å². The van der Waals surface area contributed by atoms with E-state index in [1.165, 1.54) is 19.0 Å². The van der Waals surface area contributed by atoms with E-state index in [0.717, 1.165) is 19.7 Å². The van der Waals surface area contributed by atoms with Crippen molar-refractivity contribution in [2.45, 2.75) is 25.9 Å². The normalized spacial score (nSPS) is 12.0. The monoisotopic (exact) mass is 552 g/mol. The van der Waals surface area contributed by atoms with E-state index < -0.39 is 28.7 Å². The van der Waals surface area contributed by atoms with E-state index in [0.29, 0.717) is 18.0 Å². The average Bonchev–Trinajstić information content (AvgIpc) is 2.94. The molecule has 3 aromatic rings. The van der Waals surface area contributed by atoms with Crippen LogP contribution in [0.15, 0.2) is 84.9 Å². The highest BCUT2D eigenvalue weighted by Gasteiger charge is 2.34. The molecule has 39 heavy (non-hydrogen) atoms. The minimum atomic E-state index is -4.02. The van der Waals surface area contributed by atoms with Crippen molar-refractivity contribution in [3.8, 4) is 5.75 Å². The lowest BCUT2D eigenvalue weighted by atomic mass is 10.0. The van der Waals surface area contributed by atoms with Gasteiger partial charge < -0.3 is 15.0 Å². The average molecular weight is 553 g/mol. The van der Waals surface area contributed by atoms with Crippen LogP contribution in [0.4, 0.5) is 5.69 Å². The Morgan fingerprint density at radius 3 is 2.10 bits per heavy atom. The maximum atomic E-state index is 14.1. The summed E-state index contributed by atoms with van der Waals surface area (Å²) in [5, 5.41) is 2.85. The maximum Gasteiger partial charge on any atom is 0.304 e. The van der Waals surface area contributed by atoms with Gasteiger partial charge in [-0.1, -0.05) is 60.7 Å². The summed E-state index contributed by atoms with van der Waals surface area (Å²) in [7, 11) is 0.360. The molecule has 9 nitrogen and oxygen atoms in total. The van der Waals surface area contributed by atoms with Crippen LogP contribution in [0, 0.1) is 0 Å². The highest BCUT2D eigenvalue weighted by Crippen LogP contribution is 2.22. The largest absolute Gasteiger partial charge is 0.497 e. The van der Waals surface area contributed by atoms with E-state index in [4.69, 9.17) is 4.74 Å². The Morgan fingerprint density at radius 2 is 1.51 bits per heavy atom. The zero-order chi connectivity index (χ0) is 28.4. The molecule has 1 N–H and O–H groups in total. The van der Waals surface area contributed by atoms with Crippen molar-refractivity contribution in [3.63, 3.8) is 0 Å². The number of carbonyl (C=O) groups is 2. The SMILES string of the molecule is CCNC(=O)C(Cc1ccccc1)N(Cc1cccc(OC)c1)C(=O)CN(c1ccccc1)S(=O)(=O)N(C)C. The second-order valence-electron chi connectivity index (χ2n) is 9.11. The number of hydrogen-bond donors (Lipinski definition) is 1. The number of benzene rings is 3. The molecule has 2 amide bonds. The van der Waals surface area contributed by atoms with Crippen LogP contribution in [0.2, 0.25) is 0 Å². The highest BCUT2D eigenvalue weighted by molar-refractivity contribution is 7.90. The van der Waals surface area contributed by atoms with Crippen molar-refractivity contribution in [2.24, 2.45) is 0 Å². The molecule has 0 aliphatic rings. The molecular formula is C29H36N4O5S. The van der Waals surface area contributed by atoms with Gasteiger partial charge in [-0.25, -0.2) is 4.31 Å². The Morgan fingerprint density at radius 1 is 0.897 bits per heavy atom. The first kappa shape index (κ1) is 29.7. The zero-order valence-corrected chi connectivity index (χ0v) is 23.6. The number of hydrogen-bond acceptors (Lipinski definition) is 5. The first-order chi connectivity index (χ1) is 18.7. The maximum absolute atomic E-state index is 14.1. The topological polar surface area (TPSA) is 99.3 Å². The Bertz CT molecular complexity index is 1330. The summed E-state index contributed by atoms with van der Waals surface area (Å²) in [5.41, 5.74) is 1.96. The molecule has 0 aromatic heterocycles. The smallest absolute Gasteiger partial charge is 0.304 e. The van der Waals surface area contributed by atoms with Crippen molar-refractivity contribution in [1.29, 1.82) is 0 Å². The van der Waals surface area contributed by atoms with E-state index in [1.807, 2.05) is 49.4 Å². The van der Waals surface area contributed by atoms with Gasteiger partial charge in [-0.2, -0.15) is 12.7 Å². The quantitative estimate of drug-likeness (QED) is 0.351. The number of para-hydroxylation sites is 1. The first-order valence-corrected chi connectivity index (χ1v) is 14.1. The van der Waals surface area contributed by atoms with Crippen molar-refractivity contribution in [1.82, 2.24) is 14.5 Å². The van der Waals surface area contributed by atoms with E-state index in [2.05, 4.69) is 5.32 Å².